The molecule has 0 N–H and O–H groups in total. The first kappa shape index (κ1) is 25.1. The second-order valence-corrected chi connectivity index (χ2v) is 8.14. The number of benzene rings is 2. The summed E-state index contributed by atoms with van der Waals surface area (Å²) in [4.78, 5) is -0.509. The van der Waals surface area contributed by atoms with Crippen molar-refractivity contribution in [3.05, 3.63) is 57.6 Å². The molecule has 0 aliphatic rings. The Hall–Kier alpha value is 0.0997. The zero-order valence-corrected chi connectivity index (χ0v) is 18.5. The Kier molecular flexibility index (Phi) is 9.91. The van der Waals surface area contributed by atoms with Gasteiger partial charge in [0, 0.05) is 10.0 Å². The molecule has 0 atom stereocenters. The van der Waals surface area contributed by atoms with E-state index in [0.29, 0.717) is 11.1 Å². The molecule has 0 spiro atoms. The summed E-state index contributed by atoms with van der Waals surface area (Å²) in [6.45, 7) is 2.99. The van der Waals surface area contributed by atoms with Crippen molar-refractivity contribution in [1.29, 1.82) is 0 Å². The molecule has 0 radical (unpaired) electrons. The molecular weight excluding hydrogens is 439 g/mol. The number of halogens is 2. The largest absolute Gasteiger partial charge is 2.00 e. The van der Waals surface area contributed by atoms with Crippen LogP contribution in [-0.2, 0) is 20.2 Å². The van der Waals surface area contributed by atoms with Crippen LogP contribution in [0, 0.1) is 13.8 Å². The third kappa shape index (κ3) is 7.32. The van der Waals surface area contributed by atoms with Gasteiger partial charge >= 0.3 is 37.7 Å². The molecule has 2 rings (SSSR count). The Morgan fingerprint density at radius 2 is 1.00 bits per heavy atom. The fraction of sp³-hybridized carbons (Fsp3) is 0.143. The van der Waals surface area contributed by atoms with Gasteiger partial charge in [0.1, 0.15) is 20.2 Å². The summed E-state index contributed by atoms with van der Waals surface area (Å²) < 4.78 is 63.6. The van der Waals surface area contributed by atoms with Gasteiger partial charge in [-0.15, -0.1) is 0 Å². The minimum atomic E-state index is -4.39. The predicted molar refractivity (Wildman–Crippen MR) is 94.1 cm³/mol. The van der Waals surface area contributed by atoms with Gasteiger partial charge in [-0.3, -0.25) is 0 Å². The molecule has 132 valence electrons. The second kappa shape index (κ2) is 9.87. The van der Waals surface area contributed by atoms with Crippen LogP contribution in [0.15, 0.2) is 46.2 Å². The molecule has 0 aliphatic carbocycles. The van der Waals surface area contributed by atoms with E-state index in [1.54, 1.807) is 0 Å². The third-order valence-corrected chi connectivity index (χ3v) is 5.76. The summed E-state index contributed by atoms with van der Waals surface area (Å²) in [5, 5.41) is 0.568. The topological polar surface area (TPSA) is 114 Å². The van der Waals surface area contributed by atoms with Crippen molar-refractivity contribution in [3.8, 4) is 0 Å². The predicted octanol–water partition coefficient (Wildman–Crippen LogP) is 2.72. The van der Waals surface area contributed by atoms with Crippen molar-refractivity contribution in [3.63, 3.8) is 0 Å². The minimum absolute atomic E-state index is 0. The number of hydrogen-bond donors (Lipinski definition) is 0. The summed E-state index contributed by atoms with van der Waals surface area (Å²) >= 11 is 11.2. The number of rotatable bonds is 2. The van der Waals surface area contributed by atoms with Gasteiger partial charge < -0.3 is 9.11 Å². The quantitative estimate of drug-likeness (QED) is 0.512. The monoisotopic (exact) mass is 450 g/mol. The molecule has 0 fully saturated rings. The third-order valence-electron chi connectivity index (χ3n) is 2.97. The first-order chi connectivity index (χ1) is 10.9. The molecule has 11 heteroatoms. The molecule has 0 aromatic heterocycles. The Balaban J connectivity index is 0.000000443. The van der Waals surface area contributed by atoms with Crippen LogP contribution in [0.4, 0.5) is 0 Å². The zero-order chi connectivity index (χ0) is 18.7. The maximum Gasteiger partial charge on any atom is 2.00 e. The van der Waals surface area contributed by atoms with Crippen LogP contribution in [0.1, 0.15) is 11.1 Å². The van der Waals surface area contributed by atoms with Crippen LogP contribution < -0.4 is 0 Å². The van der Waals surface area contributed by atoms with Gasteiger partial charge in [0.05, 0.1) is 9.79 Å². The molecule has 0 heterocycles. The van der Waals surface area contributed by atoms with Gasteiger partial charge in [-0.05, 0) is 49.2 Å². The molecule has 0 bridgehead atoms. The summed E-state index contributed by atoms with van der Waals surface area (Å²) in [5.41, 5.74) is 0.600. The van der Waals surface area contributed by atoms with Crippen LogP contribution in [0.2, 0.25) is 10.0 Å². The molecule has 0 saturated carbocycles. The molecule has 0 unspecified atom stereocenters. The van der Waals surface area contributed by atoms with Gasteiger partial charge in [-0.2, -0.15) is 0 Å². The molecule has 2 aromatic rings. The molecule has 2 aromatic carbocycles. The summed E-state index contributed by atoms with van der Waals surface area (Å²) in [6.07, 6.45) is 0. The molecule has 0 saturated heterocycles. The smallest absolute Gasteiger partial charge is 0.744 e. The van der Waals surface area contributed by atoms with Gasteiger partial charge in [0.25, 0.3) is 0 Å². The summed E-state index contributed by atoms with van der Waals surface area (Å²) in [7, 11) is -8.78. The van der Waals surface area contributed by atoms with Crippen molar-refractivity contribution in [2.45, 2.75) is 23.6 Å². The average molecular weight is 451 g/mol. The Morgan fingerprint density at radius 1 is 0.720 bits per heavy atom. The van der Waals surface area contributed by atoms with E-state index in [0.717, 1.165) is 0 Å². The average Bonchev–Trinajstić information content (AvgIpc) is 2.43. The van der Waals surface area contributed by atoms with E-state index in [4.69, 9.17) is 23.2 Å². The minimum Gasteiger partial charge on any atom is -0.744 e. The normalized spacial score (nSPS) is 11.1. The second-order valence-electron chi connectivity index (χ2n) is 4.63. The van der Waals surface area contributed by atoms with E-state index in [-0.39, 0.29) is 57.6 Å². The van der Waals surface area contributed by atoms with Crippen LogP contribution >= 0.6 is 23.2 Å². The summed E-state index contributed by atoms with van der Waals surface area (Å²) in [6, 6.07) is 8.41. The van der Waals surface area contributed by atoms with Gasteiger partial charge in [0.15, 0.2) is 0 Å². The fourth-order valence-corrected chi connectivity index (χ4v) is 3.64. The van der Waals surface area contributed by atoms with Crippen molar-refractivity contribution in [1.82, 2.24) is 0 Å². The Labute approximate surface area is 186 Å². The molecule has 0 aliphatic heterocycles. The van der Waals surface area contributed by atoms with E-state index >= 15 is 0 Å². The number of hydrogen-bond acceptors (Lipinski definition) is 6. The standard InChI is InChI=1S/2C7H7ClO3S.Ca/c2*1-5-6(8)3-2-4-7(5)12(9,10)11;/h2*2-4H,1H3,(H,9,10,11);/q;;+2/p-2. The zero-order valence-electron chi connectivity index (χ0n) is 13.2. The molecule has 25 heavy (non-hydrogen) atoms. The molecule has 0 amide bonds. The molecular formula is C14H12CaCl2O6S2. The van der Waals surface area contributed by atoms with E-state index in [2.05, 4.69) is 0 Å². The maximum atomic E-state index is 10.6. The van der Waals surface area contributed by atoms with Crippen LogP contribution in [-0.4, -0.2) is 63.7 Å². The van der Waals surface area contributed by atoms with E-state index in [9.17, 15) is 25.9 Å². The van der Waals surface area contributed by atoms with Crippen LogP contribution in [0.25, 0.3) is 0 Å². The fourth-order valence-electron chi connectivity index (χ4n) is 1.72. The van der Waals surface area contributed by atoms with E-state index in [1.165, 1.54) is 50.2 Å². The first-order valence-electron chi connectivity index (χ1n) is 6.27. The van der Waals surface area contributed by atoms with Crippen molar-refractivity contribution in [2.24, 2.45) is 0 Å². The Bertz CT molecular complexity index is 880. The first-order valence-corrected chi connectivity index (χ1v) is 9.85. The maximum absolute atomic E-state index is 10.6. The van der Waals surface area contributed by atoms with Crippen molar-refractivity contribution < 1.29 is 25.9 Å². The van der Waals surface area contributed by atoms with Crippen molar-refractivity contribution in [2.75, 3.05) is 0 Å². The Morgan fingerprint density at radius 3 is 1.20 bits per heavy atom. The molecule has 6 nitrogen and oxygen atoms in total. The van der Waals surface area contributed by atoms with Gasteiger partial charge in [0.2, 0.25) is 0 Å². The summed E-state index contributed by atoms with van der Waals surface area (Å²) in [5.74, 6) is 0. The van der Waals surface area contributed by atoms with E-state index in [1.807, 2.05) is 0 Å². The van der Waals surface area contributed by atoms with Crippen LogP contribution in [0.3, 0.4) is 0 Å². The van der Waals surface area contributed by atoms with Crippen LogP contribution in [0.5, 0.6) is 0 Å². The van der Waals surface area contributed by atoms with Crippen molar-refractivity contribution >= 4 is 81.2 Å². The van der Waals surface area contributed by atoms with Gasteiger partial charge in [-0.25, -0.2) is 16.8 Å². The van der Waals surface area contributed by atoms with E-state index < -0.39 is 20.2 Å². The van der Waals surface area contributed by atoms with Gasteiger partial charge in [-0.1, -0.05) is 35.3 Å². The SMILES string of the molecule is Cc1c(Cl)cccc1S(=O)(=O)[O-].Cc1c(Cl)cccc1S(=O)(=O)[O-].[Ca+2].